The number of cyclic esters (lactones) is 1. The number of nitrogens with zero attached hydrogens (tertiary/aromatic N) is 1. The van der Waals surface area contributed by atoms with Crippen LogP contribution in [0.25, 0.3) is 12.2 Å². The van der Waals surface area contributed by atoms with Gasteiger partial charge in [0.1, 0.15) is 5.75 Å². The molecule has 120 valence electrons. The molecule has 0 saturated heterocycles. The number of aliphatic imine (C=N–C) groups is 1. The Morgan fingerprint density at radius 3 is 2.58 bits per heavy atom. The van der Waals surface area contributed by atoms with Crippen LogP contribution in [-0.4, -0.2) is 17.0 Å². The van der Waals surface area contributed by atoms with Crippen molar-refractivity contribution >= 4 is 55.9 Å². The van der Waals surface area contributed by atoms with E-state index in [0.29, 0.717) is 10.0 Å². The lowest BCUT2D eigenvalue weighted by molar-refractivity contribution is -0.129. The average Bonchev–Trinajstić information content (AvgIpc) is 2.91. The highest BCUT2D eigenvalue weighted by molar-refractivity contribution is 9.11. The van der Waals surface area contributed by atoms with Crippen LogP contribution in [0, 0.1) is 0 Å². The molecule has 1 N–H and O–H groups in total. The lowest BCUT2D eigenvalue weighted by Gasteiger charge is -2.03. The number of esters is 1. The fourth-order valence-electron chi connectivity index (χ4n) is 2.07. The Bertz CT molecular complexity index is 887. The van der Waals surface area contributed by atoms with Crippen molar-refractivity contribution in [3.8, 4) is 5.75 Å². The number of carbonyl (C=O) groups is 1. The number of hydrogen-bond acceptors (Lipinski definition) is 4. The van der Waals surface area contributed by atoms with Crippen LogP contribution in [-0.2, 0) is 9.53 Å². The number of aromatic hydroxyl groups is 1. The van der Waals surface area contributed by atoms with Gasteiger partial charge >= 0.3 is 5.97 Å². The van der Waals surface area contributed by atoms with E-state index in [0.717, 1.165) is 10.0 Å². The van der Waals surface area contributed by atoms with Gasteiger partial charge in [-0.25, -0.2) is 9.79 Å². The molecule has 4 nitrogen and oxygen atoms in total. The SMILES string of the molecule is O=C1OC(/C=C\c2ccccc2)=NC/1=C\c1cc(Br)cc(Br)c1O. The van der Waals surface area contributed by atoms with Gasteiger partial charge in [-0.15, -0.1) is 0 Å². The van der Waals surface area contributed by atoms with Crippen LogP contribution in [0.2, 0.25) is 0 Å². The van der Waals surface area contributed by atoms with Crippen molar-refractivity contribution in [3.63, 3.8) is 0 Å². The molecule has 0 bridgehead atoms. The predicted molar refractivity (Wildman–Crippen MR) is 100 cm³/mol. The number of hydrogen-bond donors (Lipinski definition) is 1. The van der Waals surface area contributed by atoms with Gasteiger partial charge < -0.3 is 9.84 Å². The van der Waals surface area contributed by atoms with Crippen LogP contribution in [0.3, 0.4) is 0 Å². The maximum atomic E-state index is 11.9. The smallest absolute Gasteiger partial charge is 0.363 e. The Kier molecular flexibility index (Phi) is 4.97. The van der Waals surface area contributed by atoms with Crippen molar-refractivity contribution in [3.05, 3.63) is 74.3 Å². The first-order valence-corrected chi connectivity index (χ1v) is 8.55. The van der Waals surface area contributed by atoms with Gasteiger partial charge in [-0.05, 0) is 45.8 Å². The highest BCUT2D eigenvalue weighted by atomic mass is 79.9. The molecule has 0 unspecified atom stereocenters. The van der Waals surface area contributed by atoms with Crippen LogP contribution < -0.4 is 0 Å². The summed E-state index contributed by atoms with van der Waals surface area (Å²) in [5.41, 5.74) is 1.56. The molecule has 0 radical (unpaired) electrons. The second kappa shape index (κ2) is 7.15. The molecule has 1 heterocycles. The zero-order valence-electron chi connectivity index (χ0n) is 12.2. The van der Waals surface area contributed by atoms with E-state index in [1.165, 1.54) is 6.08 Å². The van der Waals surface area contributed by atoms with Crippen LogP contribution in [0.5, 0.6) is 5.75 Å². The van der Waals surface area contributed by atoms with Gasteiger partial charge in [0, 0.05) is 16.1 Å². The monoisotopic (exact) mass is 447 g/mol. The molecule has 2 aromatic rings. The summed E-state index contributed by atoms with van der Waals surface area (Å²) in [4.78, 5) is 16.1. The number of ether oxygens (including phenoxy) is 1. The molecule has 0 aliphatic carbocycles. The molecule has 3 rings (SSSR count). The number of phenolic OH excluding ortho intramolecular Hbond substituents is 1. The zero-order valence-corrected chi connectivity index (χ0v) is 15.4. The molecule has 1 aliphatic heterocycles. The second-order valence-corrected chi connectivity index (χ2v) is 6.71. The lowest BCUT2D eigenvalue weighted by atomic mass is 10.1. The van der Waals surface area contributed by atoms with Crippen molar-refractivity contribution < 1.29 is 14.6 Å². The lowest BCUT2D eigenvalue weighted by Crippen LogP contribution is -2.01. The summed E-state index contributed by atoms with van der Waals surface area (Å²) in [5.74, 6) is -0.316. The van der Waals surface area contributed by atoms with E-state index in [4.69, 9.17) is 4.74 Å². The molecule has 6 heteroatoms. The van der Waals surface area contributed by atoms with Crippen LogP contribution in [0.1, 0.15) is 11.1 Å². The molecule has 0 atom stereocenters. The average molecular weight is 449 g/mol. The number of carbonyl (C=O) groups excluding carboxylic acids is 1. The third kappa shape index (κ3) is 3.83. The highest BCUT2D eigenvalue weighted by Crippen LogP contribution is 2.33. The quantitative estimate of drug-likeness (QED) is 0.535. The number of rotatable bonds is 3. The van der Waals surface area contributed by atoms with E-state index in [2.05, 4.69) is 36.9 Å². The standard InChI is InChI=1S/C18H11Br2NO3/c19-13-8-12(17(22)14(20)10-13)9-15-18(23)24-16(21-15)7-6-11-4-2-1-3-5-11/h1-10,22H/b7-6-,15-9-. The van der Waals surface area contributed by atoms with Gasteiger partial charge in [0.25, 0.3) is 0 Å². The first-order valence-electron chi connectivity index (χ1n) is 6.96. The molecule has 1 aliphatic rings. The number of phenols is 1. The van der Waals surface area contributed by atoms with E-state index < -0.39 is 5.97 Å². The minimum atomic E-state index is -0.557. The van der Waals surface area contributed by atoms with E-state index in [1.807, 2.05) is 36.4 Å². The summed E-state index contributed by atoms with van der Waals surface area (Å²) in [5, 5.41) is 10.1. The Labute approximate surface area is 155 Å². The van der Waals surface area contributed by atoms with Crippen LogP contribution in [0.15, 0.2) is 68.2 Å². The maximum Gasteiger partial charge on any atom is 0.363 e. The Morgan fingerprint density at radius 2 is 1.83 bits per heavy atom. The Hall–Kier alpha value is -2.18. The molecular weight excluding hydrogens is 438 g/mol. The van der Waals surface area contributed by atoms with E-state index in [1.54, 1.807) is 18.2 Å². The molecule has 0 amide bonds. The van der Waals surface area contributed by atoms with E-state index in [9.17, 15) is 9.90 Å². The fraction of sp³-hybridized carbons (Fsp3) is 0. The van der Waals surface area contributed by atoms with Gasteiger partial charge in [0.05, 0.1) is 4.47 Å². The Morgan fingerprint density at radius 1 is 1.08 bits per heavy atom. The van der Waals surface area contributed by atoms with Crippen LogP contribution >= 0.6 is 31.9 Å². The summed E-state index contributed by atoms with van der Waals surface area (Å²) in [6, 6.07) is 13.0. The van der Waals surface area contributed by atoms with Crippen molar-refractivity contribution in [2.24, 2.45) is 4.99 Å². The summed E-state index contributed by atoms with van der Waals surface area (Å²) >= 11 is 6.59. The van der Waals surface area contributed by atoms with E-state index >= 15 is 0 Å². The van der Waals surface area contributed by atoms with Crippen LogP contribution in [0.4, 0.5) is 0 Å². The molecule has 0 aromatic heterocycles. The molecule has 0 spiro atoms. The summed E-state index contributed by atoms with van der Waals surface area (Å²) in [6.45, 7) is 0. The minimum absolute atomic E-state index is 0.0296. The van der Waals surface area contributed by atoms with Gasteiger partial charge in [-0.1, -0.05) is 46.3 Å². The normalized spacial score (nSPS) is 15.8. The molecule has 0 saturated carbocycles. The molecular formula is C18H11Br2NO3. The first kappa shape index (κ1) is 16.7. The third-order valence-corrected chi connectivity index (χ3v) is 4.27. The van der Waals surface area contributed by atoms with E-state index in [-0.39, 0.29) is 17.3 Å². The molecule has 2 aromatic carbocycles. The molecule has 24 heavy (non-hydrogen) atoms. The summed E-state index contributed by atoms with van der Waals surface area (Å²) < 4.78 is 6.40. The third-order valence-electron chi connectivity index (χ3n) is 3.20. The number of halogens is 2. The summed E-state index contributed by atoms with van der Waals surface area (Å²) in [7, 11) is 0. The van der Waals surface area contributed by atoms with Gasteiger partial charge in [-0.2, -0.15) is 0 Å². The molecule has 0 fully saturated rings. The second-order valence-electron chi connectivity index (χ2n) is 4.94. The van der Waals surface area contributed by atoms with Crippen molar-refractivity contribution in [2.45, 2.75) is 0 Å². The van der Waals surface area contributed by atoms with Gasteiger partial charge in [-0.3, -0.25) is 0 Å². The van der Waals surface area contributed by atoms with Crippen molar-refractivity contribution in [1.82, 2.24) is 0 Å². The van der Waals surface area contributed by atoms with Crippen molar-refractivity contribution in [2.75, 3.05) is 0 Å². The largest absolute Gasteiger partial charge is 0.506 e. The number of benzene rings is 2. The minimum Gasteiger partial charge on any atom is -0.506 e. The Balaban J connectivity index is 1.88. The summed E-state index contributed by atoms with van der Waals surface area (Å²) in [6.07, 6.45) is 4.92. The van der Waals surface area contributed by atoms with Crippen molar-refractivity contribution in [1.29, 1.82) is 0 Å². The first-order chi connectivity index (χ1) is 11.5. The zero-order chi connectivity index (χ0) is 17.1. The van der Waals surface area contributed by atoms with Gasteiger partial charge in [0.2, 0.25) is 5.90 Å². The fourth-order valence-corrected chi connectivity index (χ4v) is 3.33. The predicted octanol–water partition coefficient (Wildman–Crippen LogP) is 4.93. The topological polar surface area (TPSA) is 58.9 Å². The maximum absolute atomic E-state index is 11.9. The highest BCUT2D eigenvalue weighted by Gasteiger charge is 2.22. The van der Waals surface area contributed by atoms with Gasteiger partial charge in [0.15, 0.2) is 5.70 Å².